The Labute approximate surface area is 124 Å². The maximum atomic E-state index is 12.1. The van der Waals surface area contributed by atoms with E-state index in [-0.39, 0.29) is 23.8 Å². The minimum absolute atomic E-state index is 0.0546. The number of carbonyl (C=O) groups is 2. The highest BCUT2D eigenvalue weighted by molar-refractivity contribution is 5.89. The molecule has 1 fully saturated rings. The number of hydrogen-bond donors (Lipinski definition) is 1. The molecule has 0 bridgehead atoms. The van der Waals surface area contributed by atoms with Crippen LogP contribution in [0.25, 0.3) is 0 Å². The Bertz CT molecular complexity index is 537. The van der Waals surface area contributed by atoms with Gasteiger partial charge in [0.15, 0.2) is 0 Å². The summed E-state index contributed by atoms with van der Waals surface area (Å²) in [7, 11) is 0. The van der Waals surface area contributed by atoms with E-state index in [1.165, 1.54) is 0 Å². The number of likely N-dealkylation sites (tertiary alicyclic amines) is 1. The molecule has 1 saturated heterocycles. The molecule has 0 unspecified atom stereocenters. The standard InChI is InChI=1S/C14H23N5O2/c1-9(2)18-8-12(7-13(18)20)14(21)15-5-6-19-11(4)16-10(3)17-19/h9,12H,5-8H2,1-4H3,(H,15,21)/t12-/m1/s1. The molecular formula is C14H23N5O2. The van der Waals surface area contributed by atoms with Crippen molar-refractivity contribution in [2.75, 3.05) is 13.1 Å². The van der Waals surface area contributed by atoms with Gasteiger partial charge in [-0.05, 0) is 27.7 Å². The van der Waals surface area contributed by atoms with E-state index >= 15 is 0 Å². The van der Waals surface area contributed by atoms with E-state index in [0.29, 0.717) is 26.1 Å². The summed E-state index contributed by atoms with van der Waals surface area (Å²) >= 11 is 0. The first-order valence-electron chi connectivity index (χ1n) is 7.33. The average molecular weight is 293 g/mol. The molecule has 0 aromatic carbocycles. The third-order valence-corrected chi connectivity index (χ3v) is 3.74. The van der Waals surface area contributed by atoms with E-state index in [0.717, 1.165) is 11.6 Å². The third-order valence-electron chi connectivity index (χ3n) is 3.74. The number of nitrogens with zero attached hydrogens (tertiary/aromatic N) is 4. The molecule has 1 aliphatic rings. The van der Waals surface area contributed by atoms with Crippen LogP contribution in [0.4, 0.5) is 0 Å². The van der Waals surface area contributed by atoms with Gasteiger partial charge in [-0.1, -0.05) is 0 Å². The number of carbonyl (C=O) groups excluding carboxylic acids is 2. The van der Waals surface area contributed by atoms with Gasteiger partial charge in [0.05, 0.1) is 12.5 Å². The van der Waals surface area contributed by atoms with Crippen LogP contribution < -0.4 is 5.32 Å². The van der Waals surface area contributed by atoms with Crippen LogP contribution in [-0.4, -0.2) is 50.6 Å². The molecule has 0 aliphatic carbocycles. The van der Waals surface area contributed by atoms with Gasteiger partial charge in [-0.15, -0.1) is 0 Å². The second kappa shape index (κ2) is 6.24. The topological polar surface area (TPSA) is 80.1 Å². The van der Waals surface area contributed by atoms with Crippen molar-refractivity contribution in [3.8, 4) is 0 Å². The quantitative estimate of drug-likeness (QED) is 0.845. The largest absolute Gasteiger partial charge is 0.354 e. The first-order valence-corrected chi connectivity index (χ1v) is 7.33. The maximum absolute atomic E-state index is 12.1. The lowest BCUT2D eigenvalue weighted by Crippen LogP contribution is -2.36. The molecule has 2 heterocycles. The minimum Gasteiger partial charge on any atom is -0.354 e. The number of aromatic nitrogens is 3. The smallest absolute Gasteiger partial charge is 0.225 e. The monoisotopic (exact) mass is 293 g/mol. The van der Waals surface area contributed by atoms with E-state index in [9.17, 15) is 9.59 Å². The highest BCUT2D eigenvalue weighted by atomic mass is 16.2. The van der Waals surface area contributed by atoms with E-state index in [1.54, 1.807) is 9.58 Å². The van der Waals surface area contributed by atoms with Crippen molar-refractivity contribution in [1.29, 1.82) is 0 Å². The van der Waals surface area contributed by atoms with Crippen LogP contribution in [0.5, 0.6) is 0 Å². The molecule has 0 spiro atoms. The van der Waals surface area contributed by atoms with Crippen molar-refractivity contribution in [3.63, 3.8) is 0 Å². The SMILES string of the molecule is Cc1nc(C)n(CCNC(=O)[C@@H]2CC(=O)N(C(C)C)C2)n1. The normalized spacial score (nSPS) is 18.6. The number of nitrogens with one attached hydrogen (secondary N) is 1. The van der Waals surface area contributed by atoms with Crippen LogP contribution >= 0.6 is 0 Å². The molecule has 0 saturated carbocycles. The summed E-state index contributed by atoms with van der Waals surface area (Å²) < 4.78 is 1.77. The number of hydrogen-bond acceptors (Lipinski definition) is 4. The van der Waals surface area contributed by atoms with Gasteiger partial charge in [-0.25, -0.2) is 9.67 Å². The molecule has 0 radical (unpaired) electrons. The molecule has 1 atom stereocenters. The maximum Gasteiger partial charge on any atom is 0.225 e. The Morgan fingerprint density at radius 3 is 2.67 bits per heavy atom. The molecule has 1 aromatic rings. The summed E-state index contributed by atoms with van der Waals surface area (Å²) in [6.07, 6.45) is 0.311. The average Bonchev–Trinajstić information content (AvgIpc) is 2.93. The molecular weight excluding hydrogens is 270 g/mol. The lowest BCUT2D eigenvalue weighted by Gasteiger charge is -2.20. The van der Waals surface area contributed by atoms with Crippen molar-refractivity contribution in [1.82, 2.24) is 25.0 Å². The molecule has 7 heteroatoms. The van der Waals surface area contributed by atoms with E-state index in [2.05, 4.69) is 15.4 Å². The van der Waals surface area contributed by atoms with Crippen LogP contribution in [-0.2, 0) is 16.1 Å². The number of amides is 2. The summed E-state index contributed by atoms with van der Waals surface area (Å²) in [5.41, 5.74) is 0. The Morgan fingerprint density at radius 1 is 1.43 bits per heavy atom. The molecule has 2 rings (SSSR count). The Balaban J connectivity index is 1.80. The summed E-state index contributed by atoms with van der Waals surface area (Å²) in [6.45, 7) is 9.26. The molecule has 1 aliphatic heterocycles. The molecule has 1 aromatic heterocycles. The van der Waals surface area contributed by atoms with Crippen LogP contribution in [0, 0.1) is 19.8 Å². The van der Waals surface area contributed by atoms with Gasteiger partial charge in [-0.3, -0.25) is 9.59 Å². The summed E-state index contributed by atoms with van der Waals surface area (Å²) in [5.74, 6) is 1.34. The fourth-order valence-electron chi connectivity index (χ4n) is 2.61. The molecule has 7 nitrogen and oxygen atoms in total. The zero-order valence-electron chi connectivity index (χ0n) is 13.1. The van der Waals surface area contributed by atoms with Crippen LogP contribution in [0.15, 0.2) is 0 Å². The molecule has 1 N–H and O–H groups in total. The van der Waals surface area contributed by atoms with Crippen molar-refractivity contribution < 1.29 is 9.59 Å². The van der Waals surface area contributed by atoms with Gasteiger partial charge < -0.3 is 10.2 Å². The Morgan fingerprint density at radius 2 is 2.14 bits per heavy atom. The van der Waals surface area contributed by atoms with E-state index in [4.69, 9.17) is 0 Å². The molecule has 116 valence electrons. The molecule has 21 heavy (non-hydrogen) atoms. The zero-order valence-corrected chi connectivity index (χ0v) is 13.1. The highest BCUT2D eigenvalue weighted by Crippen LogP contribution is 2.20. The summed E-state index contributed by atoms with van der Waals surface area (Å²) in [5, 5.41) is 7.13. The second-order valence-corrected chi connectivity index (χ2v) is 5.76. The first-order chi connectivity index (χ1) is 9.88. The Kier molecular flexibility index (Phi) is 4.59. The highest BCUT2D eigenvalue weighted by Gasteiger charge is 2.35. The van der Waals surface area contributed by atoms with E-state index in [1.807, 2.05) is 27.7 Å². The van der Waals surface area contributed by atoms with Gasteiger partial charge >= 0.3 is 0 Å². The zero-order chi connectivity index (χ0) is 15.6. The third kappa shape index (κ3) is 3.59. The predicted molar refractivity (Wildman–Crippen MR) is 77.5 cm³/mol. The van der Waals surface area contributed by atoms with Gasteiger partial charge in [0.25, 0.3) is 0 Å². The van der Waals surface area contributed by atoms with Gasteiger partial charge in [-0.2, -0.15) is 5.10 Å². The van der Waals surface area contributed by atoms with Crippen LogP contribution in [0.2, 0.25) is 0 Å². The van der Waals surface area contributed by atoms with Crippen LogP contribution in [0.3, 0.4) is 0 Å². The predicted octanol–water partition coefficient (Wildman–Crippen LogP) is 0.268. The van der Waals surface area contributed by atoms with Crippen molar-refractivity contribution in [2.45, 2.75) is 46.7 Å². The lowest BCUT2D eigenvalue weighted by molar-refractivity contribution is -0.129. The summed E-state index contributed by atoms with van der Waals surface area (Å²) in [4.78, 5) is 29.9. The van der Waals surface area contributed by atoms with E-state index < -0.39 is 0 Å². The minimum atomic E-state index is -0.238. The van der Waals surface area contributed by atoms with Gasteiger partial charge in [0.2, 0.25) is 11.8 Å². The van der Waals surface area contributed by atoms with Gasteiger partial charge in [0, 0.05) is 25.6 Å². The summed E-state index contributed by atoms with van der Waals surface area (Å²) in [6, 6.07) is 0.149. The van der Waals surface area contributed by atoms with Gasteiger partial charge in [0.1, 0.15) is 11.6 Å². The van der Waals surface area contributed by atoms with Crippen LogP contribution in [0.1, 0.15) is 31.9 Å². The number of rotatable bonds is 5. The first kappa shape index (κ1) is 15.5. The fourth-order valence-corrected chi connectivity index (χ4v) is 2.61. The fraction of sp³-hybridized carbons (Fsp3) is 0.714. The number of aryl methyl sites for hydroxylation is 2. The van der Waals surface area contributed by atoms with Crippen molar-refractivity contribution in [3.05, 3.63) is 11.6 Å². The second-order valence-electron chi connectivity index (χ2n) is 5.76. The van der Waals surface area contributed by atoms with Crippen molar-refractivity contribution >= 4 is 11.8 Å². The molecule has 2 amide bonds. The van der Waals surface area contributed by atoms with Crippen molar-refractivity contribution in [2.24, 2.45) is 5.92 Å². The lowest BCUT2D eigenvalue weighted by atomic mass is 10.1. The Hall–Kier alpha value is -1.92.